The van der Waals surface area contributed by atoms with Crippen molar-refractivity contribution < 1.29 is 8.42 Å². The van der Waals surface area contributed by atoms with Crippen LogP contribution >= 0.6 is 0 Å². The maximum Gasteiger partial charge on any atom is 0.244 e. The van der Waals surface area contributed by atoms with Crippen molar-refractivity contribution in [1.29, 1.82) is 5.26 Å². The molecule has 0 amide bonds. The molecule has 0 radical (unpaired) electrons. The summed E-state index contributed by atoms with van der Waals surface area (Å²) in [6.45, 7) is 5.12. The van der Waals surface area contributed by atoms with E-state index in [-0.39, 0.29) is 17.9 Å². The first-order chi connectivity index (χ1) is 9.56. The van der Waals surface area contributed by atoms with Crippen LogP contribution in [0.1, 0.15) is 26.7 Å². The maximum atomic E-state index is 12.4. The van der Waals surface area contributed by atoms with Crippen LogP contribution in [-0.4, -0.2) is 37.3 Å². The fraction of sp³-hybridized carbons (Fsp3) is 0.538. The smallest absolute Gasteiger partial charge is 0.244 e. The second kappa shape index (κ2) is 7.82. The molecule has 110 valence electrons. The van der Waals surface area contributed by atoms with Gasteiger partial charge in [0.25, 0.3) is 0 Å². The van der Waals surface area contributed by atoms with Gasteiger partial charge in [-0.2, -0.15) is 9.57 Å². The number of aromatic nitrogens is 1. The second-order valence-electron chi connectivity index (χ2n) is 4.21. The molecule has 1 aromatic rings. The lowest BCUT2D eigenvalue weighted by molar-refractivity contribution is 0.435. The lowest BCUT2D eigenvalue weighted by Crippen LogP contribution is -2.31. The molecule has 0 aliphatic rings. The minimum atomic E-state index is -3.57. The lowest BCUT2D eigenvalue weighted by atomic mass is 10.4. The van der Waals surface area contributed by atoms with Gasteiger partial charge in [-0.3, -0.25) is 0 Å². The van der Waals surface area contributed by atoms with Gasteiger partial charge in [-0.1, -0.05) is 13.8 Å². The monoisotopic (exact) mass is 296 g/mol. The highest BCUT2D eigenvalue weighted by molar-refractivity contribution is 7.89. The average Bonchev–Trinajstić information content (AvgIpc) is 2.46. The third kappa shape index (κ3) is 4.18. The highest BCUT2D eigenvalue weighted by atomic mass is 32.2. The molecule has 7 heteroatoms. The van der Waals surface area contributed by atoms with Crippen LogP contribution in [0.15, 0.2) is 23.2 Å². The molecule has 1 rings (SSSR count). The number of nitrogens with zero attached hydrogens (tertiary/aromatic N) is 3. The molecule has 0 fully saturated rings. The Kier molecular flexibility index (Phi) is 6.42. The number of hydrogen-bond acceptors (Lipinski definition) is 5. The van der Waals surface area contributed by atoms with Crippen molar-refractivity contribution in [2.45, 2.75) is 31.6 Å². The number of rotatable bonds is 8. The molecule has 0 saturated heterocycles. The molecule has 0 aliphatic heterocycles. The molecular weight excluding hydrogens is 276 g/mol. The summed E-state index contributed by atoms with van der Waals surface area (Å²) in [4.78, 5) is 4.25. The zero-order valence-corrected chi connectivity index (χ0v) is 12.7. The molecule has 0 unspecified atom stereocenters. The summed E-state index contributed by atoms with van der Waals surface area (Å²) >= 11 is 0. The molecule has 0 spiro atoms. The third-order valence-electron chi connectivity index (χ3n) is 2.76. The van der Waals surface area contributed by atoms with Crippen molar-refractivity contribution in [3.8, 4) is 6.07 Å². The van der Waals surface area contributed by atoms with E-state index in [1.54, 1.807) is 13.0 Å². The van der Waals surface area contributed by atoms with E-state index >= 15 is 0 Å². The number of hydrogen-bond donors (Lipinski definition) is 1. The molecule has 0 atom stereocenters. The second-order valence-corrected chi connectivity index (χ2v) is 6.15. The minimum Gasteiger partial charge on any atom is -0.370 e. The Labute approximate surface area is 120 Å². The van der Waals surface area contributed by atoms with E-state index < -0.39 is 10.0 Å². The molecule has 1 N–H and O–H groups in total. The zero-order chi connectivity index (χ0) is 15.0. The first-order valence-electron chi connectivity index (χ1n) is 6.63. The Bertz CT molecular complexity index is 549. The van der Waals surface area contributed by atoms with Crippen LogP contribution in [-0.2, 0) is 10.0 Å². The van der Waals surface area contributed by atoms with Gasteiger partial charge in [-0.25, -0.2) is 13.4 Å². The van der Waals surface area contributed by atoms with Gasteiger partial charge in [0.2, 0.25) is 10.0 Å². The Morgan fingerprint density at radius 3 is 2.65 bits per heavy atom. The van der Waals surface area contributed by atoms with Crippen molar-refractivity contribution in [2.24, 2.45) is 0 Å². The quantitative estimate of drug-likeness (QED) is 0.791. The Balaban J connectivity index is 2.88. The minimum absolute atomic E-state index is 0.152. The van der Waals surface area contributed by atoms with Gasteiger partial charge in [0.05, 0.1) is 6.07 Å². The normalized spacial score (nSPS) is 11.3. The van der Waals surface area contributed by atoms with E-state index in [1.807, 2.05) is 13.0 Å². The molecule has 0 bridgehead atoms. The molecule has 20 heavy (non-hydrogen) atoms. The van der Waals surface area contributed by atoms with Gasteiger partial charge in [-0.15, -0.1) is 0 Å². The van der Waals surface area contributed by atoms with Crippen LogP contribution in [0.2, 0.25) is 0 Å². The van der Waals surface area contributed by atoms with Gasteiger partial charge in [0.1, 0.15) is 10.7 Å². The first kappa shape index (κ1) is 16.4. The van der Waals surface area contributed by atoms with Crippen LogP contribution in [0.5, 0.6) is 0 Å². The van der Waals surface area contributed by atoms with Crippen LogP contribution < -0.4 is 5.32 Å². The number of nitrogens with one attached hydrogen (secondary N) is 1. The maximum absolute atomic E-state index is 12.4. The lowest BCUT2D eigenvalue weighted by Gasteiger charge is -2.19. The predicted molar refractivity (Wildman–Crippen MR) is 77.7 cm³/mol. The van der Waals surface area contributed by atoms with Crippen LogP contribution in [0.4, 0.5) is 5.82 Å². The van der Waals surface area contributed by atoms with Gasteiger partial charge in [0, 0.05) is 32.3 Å². The Hall–Kier alpha value is -1.65. The fourth-order valence-electron chi connectivity index (χ4n) is 1.66. The summed E-state index contributed by atoms with van der Waals surface area (Å²) in [5, 5.41) is 11.7. The summed E-state index contributed by atoms with van der Waals surface area (Å²) in [6.07, 6.45) is 2.50. The number of anilines is 1. The topological polar surface area (TPSA) is 86.1 Å². The van der Waals surface area contributed by atoms with Gasteiger partial charge in [0.15, 0.2) is 0 Å². The predicted octanol–water partition coefficient (Wildman–Crippen LogP) is 1.83. The van der Waals surface area contributed by atoms with E-state index in [1.165, 1.54) is 16.6 Å². The van der Waals surface area contributed by atoms with Gasteiger partial charge >= 0.3 is 0 Å². The highest BCUT2D eigenvalue weighted by Crippen LogP contribution is 2.16. The number of sulfonamides is 1. The van der Waals surface area contributed by atoms with E-state index in [9.17, 15) is 8.42 Å². The van der Waals surface area contributed by atoms with Gasteiger partial charge < -0.3 is 5.32 Å². The third-order valence-corrected chi connectivity index (χ3v) is 4.71. The van der Waals surface area contributed by atoms with Crippen molar-refractivity contribution in [2.75, 3.05) is 25.0 Å². The van der Waals surface area contributed by atoms with E-state index in [0.717, 1.165) is 13.0 Å². The number of nitriles is 1. The van der Waals surface area contributed by atoms with E-state index in [4.69, 9.17) is 5.26 Å². The summed E-state index contributed by atoms with van der Waals surface area (Å²) in [7, 11) is -3.57. The zero-order valence-electron chi connectivity index (χ0n) is 11.8. The van der Waals surface area contributed by atoms with Crippen molar-refractivity contribution >= 4 is 15.8 Å². The number of pyridine rings is 1. The summed E-state index contributed by atoms with van der Waals surface area (Å²) < 4.78 is 26.0. The van der Waals surface area contributed by atoms with Crippen LogP contribution in [0, 0.1) is 11.3 Å². The highest BCUT2D eigenvalue weighted by Gasteiger charge is 2.22. The van der Waals surface area contributed by atoms with Crippen LogP contribution in [0.25, 0.3) is 0 Å². The van der Waals surface area contributed by atoms with Crippen molar-refractivity contribution in [3.63, 3.8) is 0 Å². The van der Waals surface area contributed by atoms with Crippen molar-refractivity contribution in [1.82, 2.24) is 9.29 Å². The largest absolute Gasteiger partial charge is 0.370 e. The summed E-state index contributed by atoms with van der Waals surface area (Å²) in [5.41, 5.74) is 0. The Morgan fingerprint density at radius 1 is 1.40 bits per heavy atom. The Morgan fingerprint density at radius 2 is 2.15 bits per heavy atom. The molecular formula is C13H20N4O2S. The average molecular weight is 296 g/mol. The molecule has 0 saturated carbocycles. The van der Waals surface area contributed by atoms with Crippen LogP contribution in [0.3, 0.4) is 0 Å². The molecule has 1 aromatic heterocycles. The van der Waals surface area contributed by atoms with Gasteiger partial charge in [-0.05, 0) is 18.6 Å². The molecule has 0 aliphatic carbocycles. The molecule has 0 aromatic carbocycles. The molecule has 1 heterocycles. The van der Waals surface area contributed by atoms with Crippen molar-refractivity contribution in [3.05, 3.63) is 18.3 Å². The first-order valence-corrected chi connectivity index (χ1v) is 8.07. The fourth-order valence-corrected chi connectivity index (χ4v) is 3.06. The van der Waals surface area contributed by atoms with E-state index in [0.29, 0.717) is 12.4 Å². The standard InChI is InChI=1S/C13H20N4O2S/c1-3-9-15-13-7-6-12(11-16-13)20(18,19)17(4-2)10-5-8-14/h6-7,11H,3-5,9-10H2,1-2H3,(H,15,16). The summed E-state index contributed by atoms with van der Waals surface area (Å²) in [6, 6.07) is 5.15. The van der Waals surface area contributed by atoms with E-state index in [2.05, 4.69) is 10.3 Å². The SMILES string of the molecule is CCCNc1ccc(S(=O)(=O)N(CC)CCC#N)cn1. The summed E-state index contributed by atoms with van der Waals surface area (Å²) in [5.74, 6) is 0.658. The molecule has 6 nitrogen and oxygen atoms in total.